The van der Waals surface area contributed by atoms with E-state index in [2.05, 4.69) is 32.6 Å². The molecule has 0 aliphatic rings. The zero-order valence-electron chi connectivity index (χ0n) is 7.32. The predicted octanol–water partition coefficient (Wildman–Crippen LogP) is 2.07. The van der Waals surface area contributed by atoms with E-state index in [0.717, 1.165) is 13.0 Å². The van der Waals surface area contributed by atoms with Crippen molar-refractivity contribution >= 4 is 0 Å². The Kier molecular flexibility index (Phi) is 4.14. The molecule has 0 aromatic carbocycles. The highest BCUT2D eigenvalue weighted by atomic mass is 16.5. The molecule has 10 heavy (non-hydrogen) atoms. The summed E-state index contributed by atoms with van der Waals surface area (Å²) in [5.74, 6) is 6.18. The highest BCUT2D eigenvalue weighted by Gasteiger charge is 2.02. The van der Waals surface area contributed by atoms with Crippen LogP contribution in [0, 0.1) is 17.3 Å². The van der Waals surface area contributed by atoms with E-state index in [-0.39, 0.29) is 5.41 Å². The van der Waals surface area contributed by atoms with Crippen molar-refractivity contribution in [3.63, 3.8) is 0 Å². The first-order valence-electron chi connectivity index (χ1n) is 3.55. The van der Waals surface area contributed by atoms with E-state index in [1.807, 2.05) is 0 Å². The van der Waals surface area contributed by atoms with Crippen LogP contribution < -0.4 is 0 Å². The lowest BCUT2D eigenvalue weighted by Gasteiger charge is -2.06. The van der Waals surface area contributed by atoms with Gasteiger partial charge in [0.1, 0.15) is 0 Å². The van der Waals surface area contributed by atoms with Crippen molar-refractivity contribution in [3.05, 3.63) is 0 Å². The van der Waals surface area contributed by atoms with Crippen LogP contribution in [0.3, 0.4) is 0 Å². The third-order valence-corrected chi connectivity index (χ3v) is 0.895. The fourth-order valence-corrected chi connectivity index (χ4v) is 0.481. The van der Waals surface area contributed by atoms with Crippen LogP contribution in [0.1, 0.15) is 27.2 Å². The van der Waals surface area contributed by atoms with E-state index < -0.39 is 0 Å². The third kappa shape index (κ3) is 7.52. The maximum absolute atomic E-state index is 4.85. The monoisotopic (exact) mass is 140 g/mol. The molecule has 0 heterocycles. The molecule has 0 rings (SSSR count). The minimum absolute atomic E-state index is 0.133. The van der Waals surface area contributed by atoms with E-state index in [4.69, 9.17) is 4.74 Å². The fourth-order valence-electron chi connectivity index (χ4n) is 0.481. The lowest BCUT2D eigenvalue weighted by atomic mass is 9.98. The van der Waals surface area contributed by atoms with Gasteiger partial charge in [0.15, 0.2) is 0 Å². The van der Waals surface area contributed by atoms with E-state index >= 15 is 0 Å². The third-order valence-electron chi connectivity index (χ3n) is 0.895. The van der Waals surface area contributed by atoms with E-state index in [9.17, 15) is 0 Å². The molecule has 0 radical (unpaired) electrons. The highest BCUT2D eigenvalue weighted by molar-refractivity contribution is 5.06. The van der Waals surface area contributed by atoms with Gasteiger partial charge in [-0.2, -0.15) is 0 Å². The van der Waals surface area contributed by atoms with Gasteiger partial charge in [-0.05, 0) is 20.8 Å². The topological polar surface area (TPSA) is 9.23 Å². The van der Waals surface area contributed by atoms with Crippen molar-refractivity contribution < 1.29 is 4.74 Å². The lowest BCUT2D eigenvalue weighted by molar-refractivity contribution is 0.206. The van der Waals surface area contributed by atoms with Gasteiger partial charge in [0.05, 0.1) is 6.61 Å². The maximum Gasteiger partial charge on any atom is 0.0571 e. The molecular formula is C9H16O. The van der Waals surface area contributed by atoms with Crippen LogP contribution in [0.2, 0.25) is 0 Å². The Balaban J connectivity index is 3.50. The number of methoxy groups -OCH3 is 1. The summed E-state index contributed by atoms with van der Waals surface area (Å²) in [5, 5.41) is 0. The standard InChI is InChI=1S/C9H16O/c1-9(2,3)7-5-6-8-10-4/h6,8H2,1-4H3. The molecule has 58 valence electrons. The Morgan fingerprint density at radius 1 is 1.30 bits per heavy atom. The average molecular weight is 140 g/mol. The van der Waals surface area contributed by atoms with E-state index in [0.29, 0.717) is 0 Å². The van der Waals surface area contributed by atoms with Crippen LogP contribution in [0.15, 0.2) is 0 Å². The molecule has 0 fully saturated rings. The normalized spacial score (nSPS) is 10.4. The second-order valence-corrected chi connectivity index (χ2v) is 3.29. The van der Waals surface area contributed by atoms with Gasteiger partial charge < -0.3 is 4.74 Å². The molecule has 0 bridgehead atoms. The van der Waals surface area contributed by atoms with Crippen LogP contribution in [0.5, 0.6) is 0 Å². The Morgan fingerprint density at radius 2 is 1.90 bits per heavy atom. The number of hydrogen-bond acceptors (Lipinski definition) is 1. The summed E-state index contributed by atoms with van der Waals surface area (Å²) in [6.07, 6.45) is 0.841. The van der Waals surface area contributed by atoms with Crippen molar-refractivity contribution in [2.24, 2.45) is 5.41 Å². The van der Waals surface area contributed by atoms with Crippen molar-refractivity contribution in [2.45, 2.75) is 27.2 Å². The zero-order chi connectivity index (χ0) is 8.04. The van der Waals surface area contributed by atoms with Crippen LogP contribution in [-0.2, 0) is 4.74 Å². The highest BCUT2D eigenvalue weighted by Crippen LogP contribution is 2.09. The maximum atomic E-state index is 4.85. The Labute approximate surface area is 63.8 Å². The van der Waals surface area contributed by atoms with Gasteiger partial charge in [-0.1, -0.05) is 5.92 Å². The Bertz CT molecular complexity index is 131. The van der Waals surface area contributed by atoms with Gasteiger partial charge >= 0.3 is 0 Å². The van der Waals surface area contributed by atoms with Gasteiger partial charge in [0.2, 0.25) is 0 Å². The van der Waals surface area contributed by atoms with Gasteiger partial charge in [0, 0.05) is 18.9 Å². The van der Waals surface area contributed by atoms with Crippen LogP contribution in [0.25, 0.3) is 0 Å². The molecule has 1 nitrogen and oxygen atoms in total. The predicted molar refractivity (Wildman–Crippen MR) is 43.7 cm³/mol. The fraction of sp³-hybridized carbons (Fsp3) is 0.778. The molecule has 0 saturated carbocycles. The molecule has 1 heteroatoms. The number of hydrogen-bond donors (Lipinski definition) is 0. The lowest BCUT2D eigenvalue weighted by Crippen LogP contribution is -1.99. The summed E-state index contributed by atoms with van der Waals surface area (Å²) < 4.78 is 4.85. The van der Waals surface area contributed by atoms with Crippen molar-refractivity contribution in [2.75, 3.05) is 13.7 Å². The van der Waals surface area contributed by atoms with Gasteiger partial charge in [-0.3, -0.25) is 0 Å². The summed E-state index contributed by atoms with van der Waals surface area (Å²) in [4.78, 5) is 0. The van der Waals surface area contributed by atoms with E-state index in [1.54, 1.807) is 7.11 Å². The second kappa shape index (κ2) is 4.35. The van der Waals surface area contributed by atoms with Crippen LogP contribution in [-0.4, -0.2) is 13.7 Å². The molecule has 0 aliphatic carbocycles. The minimum Gasteiger partial charge on any atom is -0.384 e. The Morgan fingerprint density at radius 3 is 2.30 bits per heavy atom. The van der Waals surface area contributed by atoms with Crippen LogP contribution in [0.4, 0.5) is 0 Å². The number of ether oxygens (including phenoxy) is 1. The summed E-state index contributed by atoms with van der Waals surface area (Å²) in [6, 6.07) is 0. The summed E-state index contributed by atoms with van der Waals surface area (Å²) in [6.45, 7) is 7.05. The molecule has 0 amide bonds. The zero-order valence-corrected chi connectivity index (χ0v) is 7.32. The van der Waals surface area contributed by atoms with Crippen molar-refractivity contribution in [1.82, 2.24) is 0 Å². The first-order chi connectivity index (χ1) is 4.56. The molecule has 0 aliphatic heterocycles. The first kappa shape index (κ1) is 9.52. The van der Waals surface area contributed by atoms with E-state index in [1.165, 1.54) is 0 Å². The Hall–Kier alpha value is -0.480. The number of rotatable bonds is 2. The van der Waals surface area contributed by atoms with Crippen molar-refractivity contribution in [3.8, 4) is 11.8 Å². The molecule has 0 N–H and O–H groups in total. The van der Waals surface area contributed by atoms with Gasteiger partial charge in [-0.15, -0.1) is 5.92 Å². The SMILES string of the molecule is COCCC#CC(C)(C)C. The smallest absolute Gasteiger partial charge is 0.0571 e. The molecule has 0 unspecified atom stereocenters. The molecule has 0 aromatic heterocycles. The summed E-state index contributed by atoms with van der Waals surface area (Å²) in [5.41, 5.74) is 0.133. The van der Waals surface area contributed by atoms with Crippen LogP contribution >= 0.6 is 0 Å². The van der Waals surface area contributed by atoms with Gasteiger partial charge in [-0.25, -0.2) is 0 Å². The first-order valence-corrected chi connectivity index (χ1v) is 3.55. The largest absolute Gasteiger partial charge is 0.384 e. The quantitative estimate of drug-likeness (QED) is 0.421. The average Bonchev–Trinajstić information content (AvgIpc) is 1.78. The molecule has 0 saturated heterocycles. The molecule has 0 atom stereocenters. The second-order valence-electron chi connectivity index (χ2n) is 3.29. The molecule has 0 aromatic rings. The molecular weight excluding hydrogens is 124 g/mol. The summed E-state index contributed by atoms with van der Waals surface area (Å²) in [7, 11) is 1.69. The van der Waals surface area contributed by atoms with Gasteiger partial charge in [0.25, 0.3) is 0 Å². The minimum atomic E-state index is 0.133. The summed E-state index contributed by atoms with van der Waals surface area (Å²) >= 11 is 0. The van der Waals surface area contributed by atoms with Crippen molar-refractivity contribution in [1.29, 1.82) is 0 Å². The molecule has 0 spiro atoms.